The van der Waals surface area contributed by atoms with E-state index in [4.69, 9.17) is 9.84 Å². The van der Waals surface area contributed by atoms with Gasteiger partial charge in [-0.05, 0) is 26.2 Å². The van der Waals surface area contributed by atoms with Gasteiger partial charge in [0.15, 0.2) is 0 Å². The van der Waals surface area contributed by atoms with Gasteiger partial charge in [-0.15, -0.1) is 0 Å². The van der Waals surface area contributed by atoms with Crippen LogP contribution in [0.3, 0.4) is 0 Å². The number of hydrogen-bond donors (Lipinski definition) is 1. The van der Waals surface area contributed by atoms with Crippen molar-refractivity contribution in [3.63, 3.8) is 0 Å². The molecule has 0 aromatic carbocycles. The van der Waals surface area contributed by atoms with Crippen LogP contribution in [0, 0.1) is 0 Å². The van der Waals surface area contributed by atoms with E-state index >= 15 is 0 Å². The number of nitrogens with zero attached hydrogens (tertiary/aromatic N) is 2. The quantitative estimate of drug-likeness (QED) is 0.821. The van der Waals surface area contributed by atoms with Crippen molar-refractivity contribution in [2.75, 3.05) is 26.7 Å². The second-order valence-corrected chi connectivity index (χ2v) is 4.99. The lowest BCUT2D eigenvalue weighted by atomic mass is 10.1. The Balaban J connectivity index is 2.54. The van der Waals surface area contributed by atoms with Crippen molar-refractivity contribution in [2.45, 2.75) is 45.3 Å². The summed E-state index contributed by atoms with van der Waals surface area (Å²) in [5.74, 6) is -0.994. The lowest BCUT2D eigenvalue weighted by Gasteiger charge is -2.36. The minimum atomic E-state index is -0.994. The van der Waals surface area contributed by atoms with Crippen LogP contribution in [0.1, 0.15) is 33.1 Å². The van der Waals surface area contributed by atoms with Crippen LogP contribution in [-0.4, -0.2) is 65.8 Å². The Bertz CT molecular complexity index is 322. The predicted octanol–water partition coefficient (Wildman–Crippen LogP) is 1.40. The van der Waals surface area contributed by atoms with E-state index < -0.39 is 12.0 Å². The summed E-state index contributed by atoms with van der Waals surface area (Å²) in [6, 6.07) is -1.05. The summed E-state index contributed by atoms with van der Waals surface area (Å²) in [6.07, 6.45) is 2.89. The number of carbonyl (C=O) groups is 2. The highest BCUT2D eigenvalue weighted by molar-refractivity contribution is 5.82. The van der Waals surface area contributed by atoms with E-state index in [2.05, 4.69) is 0 Å². The van der Waals surface area contributed by atoms with E-state index in [0.29, 0.717) is 19.7 Å². The van der Waals surface area contributed by atoms with Gasteiger partial charge in [0.25, 0.3) is 0 Å². The van der Waals surface area contributed by atoms with Gasteiger partial charge in [-0.3, -0.25) is 0 Å². The number of carbonyl (C=O) groups excluding carboxylic acids is 1. The first-order valence-electron chi connectivity index (χ1n) is 6.83. The summed E-state index contributed by atoms with van der Waals surface area (Å²) in [5, 5.41) is 8.93. The molecular formula is C13H24N2O4. The Labute approximate surface area is 114 Å². The fourth-order valence-corrected chi connectivity index (χ4v) is 2.09. The van der Waals surface area contributed by atoms with Crippen molar-refractivity contribution in [3.05, 3.63) is 0 Å². The van der Waals surface area contributed by atoms with E-state index in [-0.39, 0.29) is 12.1 Å². The van der Waals surface area contributed by atoms with Crippen LogP contribution in [0.25, 0.3) is 0 Å². The number of carboxylic acids is 1. The number of hydrogen-bond acceptors (Lipinski definition) is 3. The van der Waals surface area contributed by atoms with Crippen LogP contribution in [0.15, 0.2) is 0 Å². The fraction of sp³-hybridized carbons (Fsp3) is 0.846. The number of aliphatic carboxylic acids is 1. The summed E-state index contributed by atoms with van der Waals surface area (Å²) in [4.78, 5) is 26.0. The van der Waals surface area contributed by atoms with Gasteiger partial charge in [0.1, 0.15) is 6.04 Å². The molecule has 1 heterocycles. The van der Waals surface area contributed by atoms with Crippen molar-refractivity contribution in [1.29, 1.82) is 0 Å². The monoisotopic (exact) mass is 272 g/mol. The van der Waals surface area contributed by atoms with Crippen molar-refractivity contribution in [1.82, 2.24) is 9.80 Å². The molecule has 0 spiro atoms. The minimum absolute atomic E-state index is 0.0752. The van der Waals surface area contributed by atoms with Crippen LogP contribution >= 0.6 is 0 Å². The van der Waals surface area contributed by atoms with Crippen LogP contribution in [0.2, 0.25) is 0 Å². The second-order valence-electron chi connectivity index (χ2n) is 4.99. The molecule has 6 nitrogen and oxygen atoms in total. The normalized spacial score (nSPS) is 21.0. The second kappa shape index (κ2) is 7.33. The number of rotatable bonds is 5. The van der Waals surface area contributed by atoms with Gasteiger partial charge in [-0.1, -0.05) is 6.92 Å². The maximum atomic E-state index is 12.2. The molecule has 1 fully saturated rings. The first kappa shape index (κ1) is 15.8. The van der Waals surface area contributed by atoms with E-state index in [9.17, 15) is 9.59 Å². The number of urea groups is 1. The van der Waals surface area contributed by atoms with Gasteiger partial charge in [0.2, 0.25) is 0 Å². The third-order valence-corrected chi connectivity index (χ3v) is 3.45. The molecule has 0 aromatic heterocycles. The lowest BCUT2D eigenvalue weighted by Crippen LogP contribution is -2.52. The Hall–Kier alpha value is -1.30. The van der Waals surface area contributed by atoms with Crippen LogP contribution < -0.4 is 0 Å². The molecule has 0 saturated carbocycles. The molecule has 1 rings (SSSR count). The molecule has 0 aromatic rings. The average Bonchev–Trinajstić information content (AvgIpc) is 2.42. The van der Waals surface area contributed by atoms with Crippen molar-refractivity contribution in [2.24, 2.45) is 0 Å². The minimum Gasteiger partial charge on any atom is -0.480 e. The van der Waals surface area contributed by atoms with Gasteiger partial charge < -0.3 is 19.6 Å². The Morgan fingerprint density at radius 2 is 2.21 bits per heavy atom. The molecule has 0 radical (unpaired) electrons. The largest absolute Gasteiger partial charge is 0.480 e. The molecule has 2 amide bonds. The molecule has 1 saturated heterocycles. The zero-order chi connectivity index (χ0) is 14.4. The Kier molecular flexibility index (Phi) is 6.08. The van der Waals surface area contributed by atoms with Crippen molar-refractivity contribution >= 4 is 12.0 Å². The molecule has 2 unspecified atom stereocenters. The molecule has 19 heavy (non-hydrogen) atoms. The van der Waals surface area contributed by atoms with Gasteiger partial charge in [0.05, 0.1) is 6.10 Å². The predicted molar refractivity (Wildman–Crippen MR) is 71.1 cm³/mol. The van der Waals surface area contributed by atoms with Crippen molar-refractivity contribution < 1.29 is 19.4 Å². The van der Waals surface area contributed by atoms with Gasteiger partial charge in [-0.2, -0.15) is 0 Å². The van der Waals surface area contributed by atoms with Gasteiger partial charge in [0, 0.05) is 26.7 Å². The zero-order valence-electron chi connectivity index (χ0n) is 12.0. The highest BCUT2D eigenvalue weighted by Crippen LogP contribution is 2.15. The van der Waals surface area contributed by atoms with Crippen molar-refractivity contribution in [3.8, 4) is 0 Å². The van der Waals surface area contributed by atoms with E-state index in [1.54, 1.807) is 4.90 Å². The van der Waals surface area contributed by atoms with E-state index in [1.165, 1.54) is 18.9 Å². The van der Waals surface area contributed by atoms with Crippen LogP contribution in [-0.2, 0) is 9.53 Å². The third kappa shape index (κ3) is 4.38. The van der Waals surface area contributed by atoms with E-state index in [1.807, 2.05) is 6.92 Å². The summed E-state index contributed by atoms with van der Waals surface area (Å²) < 4.78 is 5.67. The number of likely N-dealkylation sites (N-methyl/N-ethyl adjacent to an activating group) is 1. The number of carboxylic acid groups (broad SMARTS) is 1. The fourth-order valence-electron chi connectivity index (χ4n) is 2.09. The molecule has 1 aliphatic heterocycles. The van der Waals surface area contributed by atoms with Crippen LogP contribution in [0.5, 0.6) is 0 Å². The molecule has 0 aliphatic carbocycles. The highest BCUT2D eigenvalue weighted by atomic mass is 16.5. The number of piperidine rings is 1. The highest BCUT2D eigenvalue weighted by Gasteiger charge is 2.29. The van der Waals surface area contributed by atoms with Gasteiger partial charge >= 0.3 is 12.0 Å². The average molecular weight is 272 g/mol. The summed E-state index contributed by atoms with van der Waals surface area (Å²) in [6.45, 7) is 5.48. The number of amides is 2. The number of ether oxygens (including phenoxy) is 1. The molecule has 2 atom stereocenters. The summed E-state index contributed by atoms with van der Waals surface area (Å²) in [7, 11) is 1.53. The maximum absolute atomic E-state index is 12.2. The number of likely N-dealkylation sites (tertiary alicyclic amines) is 1. The molecule has 110 valence electrons. The SMILES string of the molecule is CCCOC1CCCN(C(=O)N(C)C(C)C(=O)O)C1. The van der Waals surface area contributed by atoms with E-state index in [0.717, 1.165) is 19.3 Å². The first-order chi connectivity index (χ1) is 8.97. The Morgan fingerprint density at radius 1 is 1.53 bits per heavy atom. The summed E-state index contributed by atoms with van der Waals surface area (Å²) in [5.41, 5.74) is 0. The molecule has 6 heteroatoms. The zero-order valence-corrected chi connectivity index (χ0v) is 12.0. The first-order valence-corrected chi connectivity index (χ1v) is 6.83. The maximum Gasteiger partial charge on any atom is 0.326 e. The molecule has 1 N–H and O–H groups in total. The van der Waals surface area contributed by atoms with Gasteiger partial charge in [-0.25, -0.2) is 9.59 Å². The molecule has 1 aliphatic rings. The Morgan fingerprint density at radius 3 is 2.79 bits per heavy atom. The summed E-state index contributed by atoms with van der Waals surface area (Å²) >= 11 is 0. The topological polar surface area (TPSA) is 70.1 Å². The lowest BCUT2D eigenvalue weighted by molar-refractivity contribution is -0.141. The smallest absolute Gasteiger partial charge is 0.326 e. The molecule has 0 bridgehead atoms. The molecular weight excluding hydrogens is 248 g/mol. The standard InChI is InChI=1S/C13H24N2O4/c1-4-8-19-11-6-5-7-15(9-11)13(18)14(3)10(2)12(16)17/h10-11H,4-9H2,1-3H3,(H,16,17). The van der Waals surface area contributed by atoms with Crippen LogP contribution in [0.4, 0.5) is 4.79 Å². The third-order valence-electron chi connectivity index (χ3n) is 3.45.